The number of methoxy groups -OCH3 is 1. The van der Waals surface area contributed by atoms with E-state index >= 15 is 0 Å². The maximum absolute atomic E-state index is 12.7. The van der Waals surface area contributed by atoms with Gasteiger partial charge in [-0.05, 0) is 24.0 Å². The number of carbonyl (C=O) groups excluding carboxylic acids is 2. The summed E-state index contributed by atoms with van der Waals surface area (Å²) in [6.45, 7) is 1.40. The Morgan fingerprint density at radius 3 is 2.70 bits per heavy atom. The van der Waals surface area contributed by atoms with Crippen molar-refractivity contribution in [3.05, 3.63) is 41.1 Å². The smallest absolute Gasteiger partial charge is 0.319 e. The van der Waals surface area contributed by atoms with E-state index in [1.165, 1.54) is 0 Å². The fourth-order valence-electron chi connectivity index (χ4n) is 2.86. The van der Waals surface area contributed by atoms with Crippen molar-refractivity contribution in [3.63, 3.8) is 0 Å². The lowest BCUT2D eigenvalue weighted by Crippen LogP contribution is -2.44. The second-order valence-corrected chi connectivity index (χ2v) is 6.30. The largest absolute Gasteiger partial charge is 0.383 e. The van der Waals surface area contributed by atoms with Gasteiger partial charge in [0.25, 0.3) is 5.91 Å². The van der Waals surface area contributed by atoms with Crippen molar-refractivity contribution in [2.24, 2.45) is 0 Å². The van der Waals surface area contributed by atoms with E-state index in [9.17, 15) is 9.59 Å². The number of hydrogen-bond donors (Lipinski definition) is 2. The number of amides is 3. The molecule has 0 spiro atoms. The predicted molar refractivity (Wildman–Crippen MR) is 88.1 cm³/mol. The molecule has 6 nitrogen and oxygen atoms in total. The lowest BCUT2D eigenvalue weighted by atomic mass is 9.96. The summed E-state index contributed by atoms with van der Waals surface area (Å²) in [4.78, 5) is 27.4. The molecule has 1 atom stereocenters. The van der Waals surface area contributed by atoms with Gasteiger partial charge in [-0.15, -0.1) is 11.8 Å². The highest BCUT2D eigenvalue weighted by molar-refractivity contribution is 7.98. The quantitative estimate of drug-likeness (QED) is 0.801. The minimum absolute atomic E-state index is 0.0523. The van der Waals surface area contributed by atoms with Crippen LogP contribution < -0.4 is 10.6 Å². The number of thioether (sulfide) groups is 1. The van der Waals surface area contributed by atoms with Crippen LogP contribution in [0.5, 0.6) is 0 Å². The molecule has 0 fully saturated rings. The van der Waals surface area contributed by atoms with Gasteiger partial charge >= 0.3 is 6.03 Å². The van der Waals surface area contributed by atoms with E-state index in [2.05, 4.69) is 10.6 Å². The summed E-state index contributed by atoms with van der Waals surface area (Å²) >= 11 is 1.65. The van der Waals surface area contributed by atoms with E-state index in [1.807, 2.05) is 30.5 Å². The van der Waals surface area contributed by atoms with Crippen LogP contribution >= 0.6 is 11.8 Å². The Hall–Kier alpha value is -1.99. The van der Waals surface area contributed by atoms with Gasteiger partial charge in [-0.25, -0.2) is 4.79 Å². The maximum Gasteiger partial charge on any atom is 0.319 e. The fourth-order valence-corrected chi connectivity index (χ4v) is 3.26. The van der Waals surface area contributed by atoms with Crippen LogP contribution in [0.3, 0.4) is 0 Å². The first-order valence-corrected chi connectivity index (χ1v) is 8.59. The van der Waals surface area contributed by atoms with Gasteiger partial charge in [-0.1, -0.05) is 12.1 Å². The summed E-state index contributed by atoms with van der Waals surface area (Å²) in [5.74, 6) is -0.0523. The molecule has 0 aliphatic carbocycles. The van der Waals surface area contributed by atoms with Crippen LogP contribution in [0.2, 0.25) is 0 Å². The van der Waals surface area contributed by atoms with E-state index in [0.717, 1.165) is 10.5 Å². The second-order valence-electron chi connectivity index (χ2n) is 5.42. The highest BCUT2D eigenvalue weighted by Gasteiger charge is 2.40. The second kappa shape index (κ2) is 6.64. The Kier molecular flexibility index (Phi) is 4.58. The summed E-state index contributed by atoms with van der Waals surface area (Å²) in [6.07, 6.45) is 2.01. The van der Waals surface area contributed by atoms with E-state index in [1.54, 1.807) is 23.8 Å². The lowest BCUT2D eigenvalue weighted by Gasteiger charge is -2.25. The number of nitrogens with zero attached hydrogens (tertiary/aromatic N) is 1. The molecule has 0 saturated carbocycles. The van der Waals surface area contributed by atoms with Gasteiger partial charge in [0.1, 0.15) is 0 Å². The van der Waals surface area contributed by atoms with Crippen molar-refractivity contribution in [2.75, 3.05) is 33.1 Å². The highest BCUT2D eigenvalue weighted by atomic mass is 32.2. The van der Waals surface area contributed by atoms with Gasteiger partial charge in [-0.2, -0.15) is 0 Å². The van der Waals surface area contributed by atoms with Crippen LogP contribution in [0.25, 0.3) is 0 Å². The molecule has 0 radical (unpaired) electrons. The number of urea groups is 1. The minimum atomic E-state index is -0.408. The molecule has 1 aromatic rings. The van der Waals surface area contributed by atoms with Gasteiger partial charge in [0.15, 0.2) is 0 Å². The third kappa shape index (κ3) is 3.07. The molecule has 23 heavy (non-hydrogen) atoms. The molecule has 7 heteroatoms. The molecule has 2 aliphatic heterocycles. The van der Waals surface area contributed by atoms with Crippen molar-refractivity contribution in [2.45, 2.75) is 10.9 Å². The molecule has 2 N–H and O–H groups in total. The Labute approximate surface area is 139 Å². The number of benzene rings is 1. The summed E-state index contributed by atoms with van der Waals surface area (Å²) in [7, 11) is 1.60. The first-order chi connectivity index (χ1) is 11.1. The number of nitrogens with one attached hydrogen (secondary N) is 2. The van der Waals surface area contributed by atoms with E-state index < -0.39 is 6.04 Å². The van der Waals surface area contributed by atoms with Gasteiger partial charge in [-0.3, -0.25) is 4.79 Å². The third-order valence-electron chi connectivity index (χ3n) is 4.03. The SMILES string of the molecule is COCCN1CC2=C(C1=O)[C@@H](c1ccc(SC)cc1)NC(=O)N2. The Bertz CT molecular complexity index is 657. The van der Waals surface area contributed by atoms with Crippen LogP contribution in [0.1, 0.15) is 11.6 Å². The minimum Gasteiger partial charge on any atom is -0.383 e. The molecule has 3 rings (SSSR count). The van der Waals surface area contributed by atoms with E-state index in [4.69, 9.17) is 4.74 Å². The Morgan fingerprint density at radius 2 is 2.04 bits per heavy atom. The summed E-state index contributed by atoms with van der Waals surface area (Å²) in [5, 5.41) is 5.61. The molecule has 2 aliphatic rings. The Balaban J connectivity index is 1.89. The molecule has 0 unspecified atom stereocenters. The zero-order valence-corrected chi connectivity index (χ0v) is 13.9. The molecule has 0 saturated heterocycles. The summed E-state index contributed by atoms with van der Waals surface area (Å²) in [5.41, 5.74) is 2.22. The molecule has 2 heterocycles. The van der Waals surface area contributed by atoms with Gasteiger partial charge in [0.05, 0.1) is 30.5 Å². The average molecular weight is 333 g/mol. The van der Waals surface area contributed by atoms with Crippen LogP contribution in [-0.4, -0.2) is 49.9 Å². The average Bonchev–Trinajstić information content (AvgIpc) is 2.88. The predicted octanol–water partition coefficient (Wildman–Crippen LogP) is 1.51. The molecule has 3 amide bonds. The van der Waals surface area contributed by atoms with Crippen LogP contribution in [0.15, 0.2) is 40.4 Å². The highest BCUT2D eigenvalue weighted by Crippen LogP contribution is 2.33. The molecule has 0 aromatic heterocycles. The third-order valence-corrected chi connectivity index (χ3v) is 4.78. The van der Waals surface area contributed by atoms with Crippen LogP contribution in [-0.2, 0) is 9.53 Å². The molecule has 1 aromatic carbocycles. The number of carbonyl (C=O) groups is 2. The molecular formula is C16H19N3O3S. The van der Waals surface area contributed by atoms with Crippen molar-refractivity contribution < 1.29 is 14.3 Å². The monoisotopic (exact) mass is 333 g/mol. The zero-order valence-electron chi connectivity index (χ0n) is 13.1. The molecule has 0 bridgehead atoms. The Morgan fingerprint density at radius 1 is 1.30 bits per heavy atom. The topological polar surface area (TPSA) is 70.7 Å². The first-order valence-electron chi connectivity index (χ1n) is 7.36. The summed E-state index contributed by atoms with van der Waals surface area (Å²) < 4.78 is 5.05. The van der Waals surface area contributed by atoms with Crippen molar-refractivity contribution in [1.29, 1.82) is 0 Å². The number of rotatable bonds is 5. The van der Waals surface area contributed by atoms with Gasteiger partial charge in [0.2, 0.25) is 0 Å². The van der Waals surface area contributed by atoms with Crippen LogP contribution in [0.4, 0.5) is 4.79 Å². The lowest BCUT2D eigenvalue weighted by molar-refractivity contribution is -0.126. The number of ether oxygens (including phenoxy) is 1. The number of hydrogen-bond acceptors (Lipinski definition) is 4. The van der Waals surface area contributed by atoms with Crippen molar-refractivity contribution in [1.82, 2.24) is 15.5 Å². The first kappa shape index (κ1) is 15.9. The van der Waals surface area contributed by atoms with Gasteiger partial charge in [0, 0.05) is 18.6 Å². The van der Waals surface area contributed by atoms with Crippen molar-refractivity contribution >= 4 is 23.7 Å². The molecular weight excluding hydrogens is 314 g/mol. The van der Waals surface area contributed by atoms with E-state index in [-0.39, 0.29) is 11.9 Å². The van der Waals surface area contributed by atoms with Gasteiger partial charge < -0.3 is 20.3 Å². The normalized spacial score (nSPS) is 20.4. The van der Waals surface area contributed by atoms with Crippen molar-refractivity contribution in [3.8, 4) is 0 Å². The zero-order chi connectivity index (χ0) is 16.4. The maximum atomic E-state index is 12.7. The summed E-state index contributed by atoms with van der Waals surface area (Å²) in [6, 6.07) is 7.22. The fraction of sp³-hybridized carbons (Fsp3) is 0.375. The standard InChI is InChI=1S/C16H19N3O3S/c1-22-8-7-19-9-12-13(15(19)20)14(18-16(21)17-12)10-3-5-11(23-2)6-4-10/h3-6,14H,7-9H2,1-2H3,(H2,17,18,21)/t14-/m1/s1. The molecule has 122 valence electrons. The van der Waals surface area contributed by atoms with Crippen LogP contribution in [0, 0.1) is 0 Å². The van der Waals surface area contributed by atoms with E-state index in [0.29, 0.717) is 31.0 Å².